The molecule has 7 heteroatoms. The van der Waals surface area contributed by atoms with Crippen LogP contribution in [0.5, 0.6) is 5.75 Å². The van der Waals surface area contributed by atoms with Crippen LogP contribution in [-0.4, -0.2) is 24.6 Å². The Morgan fingerprint density at radius 1 is 1.12 bits per heavy atom. The number of ether oxygens (including phenoxy) is 1. The van der Waals surface area contributed by atoms with Gasteiger partial charge in [0.15, 0.2) is 0 Å². The Bertz CT molecular complexity index is 850. The van der Waals surface area contributed by atoms with Crippen molar-refractivity contribution in [3.63, 3.8) is 0 Å². The van der Waals surface area contributed by atoms with Gasteiger partial charge in [0.25, 0.3) is 0 Å². The number of anilines is 1. The van der Waals surface area contributed by atoms with Crippen molar-refractivity contribution in [1.29, 1.82) is 0 Å². The SMILES string of the molecule is CCOc1ccc(/C=N\NC(=O)C(=O)Nc2ccc(C)c(C)c2)cc1Br. The maximum atomic E-state index is 11.9. The summed E-state index contributed by atoms with van der Waals surface area (Å²) >= 11 is 3.40. The minimum atomic E-state index is -0.843. The van der Waals surface area contributed by atoms with Crippen LogP contribution >= 0.6 is 15.9 Å². The van der Waals surface area contributed by atoms with E-state index in [1.54, 1.807) is 30.3 Å². The number of nitrogens with zero attached hydrogens (tertiary/aromatic N) is 1. The highest BCUT2D eigenvalue weighted by Gasteiger charge is 2.13. The lowest BCUT2D eigenvalue weighted by Gasteiger charge is -2.07. The number of nitrogens with one attached hydrogen (secondary N) is 2. The largest absolute Gasteiger partial charge is 0.493 e. The minimum Gasteiger partial charge on any atom is -0.493 e. The fraction of sp³-hybridized carbons (Fsp3) is 0.211. The van der Waals surface area contributed by atoms with Crippen LogP contribution in [0.25, 0.3) is 0 Å². The fourth-order valence-electron chi connectivity index (χ4n) is 2.09. The number of hydrogen-bond acceptors (Lipinski definition) is 4. The van der Waals surface area contributed by atoms with Gasteiger partial charge >= 0.3 is 11.8 Å². The van der Waals surface area contributed by atoms with Gasteiger partial charge in [-0.1, -0.05) is 6.07 Å². The molecule has 0 unspecified atom stereocenters. The molecule has 136 valence electrons. The van der Waals surface area contributed by atoms with Gasteiger partial charge in [-0.05, 0) is 83.7 Å². The van der Waals surface area contributed by atoms with Crippen LogP contribution in [0.4, 0.5) is 5.69 Å². The molecular formula is C19H20BrN3O3. The van der Waals surface area contributed by atoms with Crippen molar-refractivity contribution in [3.05, 3.63) is 57.6 Å². The van der Waals surface area contributed by atoms with Crippen LogP contribution in [0, 0.1) is 13.8 Å². The van der Waals surface area contributed by atoms with Gasteiger partial charge in [-0.15, -0.1) is 0 Å². The smallest absolute Gasteiger partial charge is 0.329 e. The summed E-state index contributed by atoms with van der Waals surface area (Å²) in [7, 11) is 0. The van der Waals surface area contributed by atoms with Crippen LogP contribution < -0.4 is 15.5 Å². The van der Waals surface area contributed by atoms with Crippen LogP contribution in [0.3, 0.4) is 0 Å². The van der Waals surface area contributed by atoms with E-state index in [1.165, 1.54) is 6.21 Å². The van der Waals surface area contributed by atoms with Crippen molar-refractivity contribution in [1.82, 2.24) is 5.43 Å². The highest BCUT2D eigenvalue weighted by molar-refractivity contribution is 9.10. The molecule has 0 saturated heterocycles. The number of rotatable bonds is 5. The van der Waals surface area contributed by atoms with Crippen molar-refractivity contribution in [3.8, 4) is 5.75 Å². The summed E-state index contributed by atoms with van der Waals surface area (Å²) in [6, 6.07) is 10.8. The van der Waals surface area contributed by atoms with E-state index in [-0.39, 0.29) is 0 Å². The normalized spacial score (nSPS) is 10.6. The number of aryl methyl sites for hydroxylation is 2. The van der Waals surface area contributed by atoms with E-state index in [1.807, 2.05) is 26.8 Å². The molecule has 0 aliphatic heterocycles. The standard InChI is InChI=1S/C19H20BrN3O3/c1-4-26-17-8-6-14(10-16(17)20)11-21-23-19(25)18(24)22-15-7-5-12(2)13(3)9-15/h5-11H,4H2,1-3H3,(H,22,24)(H,23,25)/b21-11-. The lowest BCUT2D eigenvalue weighted by Crippen LogP contribution is -2.32. The highest BCUT2D eigenvalue weighted by atomic mass is 79.9. The zero-order valence-electron chi connectivity index (χ0n) is 14.8. The van der Waals surface area contributed by atoms with Crippen LogP contribution in [0.2, 0.25) is 0 Å². The van der Waals surface area contributed by atoms with Gasteiger partial charge in [0, 0.05) is 5.69 Å². The Balaban J connectivity index is 1.92. The molecule has 2 N–H and O–H groups in total. The molecule has 2 aromatic carbocycles. The third-order valence-corrected chi connectivity index (χ3v) is 4.23. The average Bonchev–Trinajstić information content (AvgIpc) is 2.60. The first-order valence-corrected chi connectivity index (χ1v) is 8.84. The summed E-state index contributed by atoms with van der Waals surface area (Å²) in [4.78, 5) is 23.7. The van der Waals surface area contributed by atoms with Gasteiger partial charge in [-0.25, -0.2) is 5.43 Å². The van der Waals surface area contributed by atoms with E-state index >= 15 is 0 Å². The molecule has 2 amide bonds. The van der Waals surface area contributed by atoms with E-state index in [0.717, 1.165) is 26.9 Å². The zero-order valence-corrected chi connectivity index (χ0v) is 16.4. The number of carbonyl (C=O) groups is 2. The van der Waals surface area contributed by atoms with Crippen molar-refractivity contribution < 1.29 is 14.3 Å². The summed E-state index contributed by atoms with van der Waals surface area (Å²) in [6.45, 7) is 6.38. The highest BCUT2D eigenvalue weighted by Crippen LogP contribution is 2.25. The van der Waals surface area contributed by atoms with E-state index < -0.39 is 11.8 Å². The molecule has 0 bridgehead atoms. The number of carbonyl (C=O) groups excluding carboxylic acids is 2. The first-order valence-electron chi connectivity index (χ1n) is 8.04. The van der Waals surface area contributed by atoms with E-state index in [9.17, 15) is 9.59 Å². The van der Waals surface area contributed by atoms with Crippen LogP contribution in [-0.2, 0) is 9.59 Å². The van der Waals surface area contributed by atoms with E-state index in [4.69, 9.17) is 4.74 Å². The number of hydrazone groups is 1. The Kier molecular flexibility index (Phi) is 6.91. The van der Waals surface area contributed by atoms with E-state index in [2.05, 4.69) is 31.8 Å². The number of halogens is 1. The summed E-state index contributed by atoms with van der Waals surface area (Å²) in [5.41, 5.74) is 5.66. The first-order chi connectivity index (χ1) is 12.4. The second kappa shape index (κ2) is 9.15. The molecule has 6 nitrogen and oxygen atoms in total. The summed E-state index contributed by atoms with van der Waals surface area (Å²) < 4.78 is 6.20. The first kappa shape index (κ1) is 19.7. The molecule has 0 aliphatic rings. The van der Waals surface area contributed by atoms with Crippen molar-refractivity contribution in [2.45, 2.75) is 20.8 Å². The lowest BCUT2D eigenvalue weighted by molar-refractivity contribution is -0.136. The predicted octanol–water partition coefficient (Wildman–Crippen LogP) is 3.55. The molecule has 0 heterocycles. The topological polar surface area (TPSA) is 79.8 Å². The maximum absolute atomic E-state index is 11.9. The quantitative estimate of drug-likeness (QED) is 0.443. The number of amides is 2. The van der Waals surface area contributed by atoms with Gasteiger partial charge in [-0.3, -0.25) is 9.59 Å². The van der Waals surface area contributed by atoms with Gasteiger partial charge in [0.1, 0.15) is 5.75 Å². The second-order valence-corrected chi connectivity index (χ2v) is 6.43. The van der Waals surface area contributed by atoms with Crippen molar-refractivity contribution >= 4 is 39.6 Å². The third kappa shape index (κ3) is 5.42. The summed E-state index contributed by atoms with van der Waals surface area (Å²) in [5.74, 6) is -0.899. The molecule has 0 atom stereocenters. The molecule has 2 rings (SSSR count). The Hall–Kier alpha value is -2.67. The summed E-state index contributed by atoms with van der Waals surface area (Å²) in [6.07, 6.45) is 1.45. The molecule has 0 spiro atoms. The van der Waals surface area contributed by atoms with Crippen LogP contribution in [0.1, 0.15) is 23.6 Å². The van der Waals surface area contributed by atoms with Crippen molar-refractivity contribution in [2.75, 3.05) is 11.9 Å². The number of hydrogen-bond donors (Lipinski definition) is 2. The van der Waals surface area contributed by atoms with Crippen molar-refractivity contribution in [2.24, 2.45) is 5.10 Å². The molecule has 0 aromatic heterocycles. The van der Waals surface area contributed by atoms with E-state index in [0.29, 0.717) is 12.3 Å². The molecule has 0 radical (unpaired) electrons. The molecule has 0 fully saturated rings. The molecule has 0 aliphatic carbocycles. The molecule has 26 heavy (non-hydrogen) atoms. The third-order valence-electron chi connectivity index (χ3n) is 3.61. The fourth-order valence-corrected chi connectivity index (χ4v) is 2.60. The lowest BCUT2D eigenvalue weighted by atomic mass is 10.1. The zero-order chi connectivity index (χ0) is 19.1. The van der Waals surface area contributed by atoms with Gasteiger partial charge in [-0.2, -0.15) is 5.10 Å². The minimum absolute atomic E-state index is 0.563. The Labute approximate surface area is 160 Å². The van der Waals surface area contributed by atoms with Gasteiger partial charge in [0.05, 0.1) is 17.3 Å². The number of benzene rings is 2. The maximum Gasteiger partial charge on any atom is 0.329 e. The molecule has 2 aromatic rings. The molecule has 0 saturated carbocycles. The van der Waals surface area contributed by atoms with Crippen LogP contribution in [0.15, 0.2) is 46.0 Å². The predicted molar refractivity (Wildman–Crippen MR) is 106 cm³/mol. The molecular weight excluding hydrogens is 398 g/mol. The second-order valence-electron chi connectivity index (χ2n) is 5.58. The average molecular weight is 418 g/mol. The van der Waals surface area contributed by atoms with Gasteiger partial charge < -0.3 is 10.1 Å². The van der Waals surface area contributed by atoms with Gasteiger partial charge in [0.2, 0.25) is 0 Å². The summed E-state index contributed by atoms with van der Waals surface area (Å²) in [5, 5.41) is 6.35. The Morgan fingerprint density at radius 3 is 2.54 bits per heavy atom. The Morgan fingerprint density at radius 2 is 1.88 bits per heavy atom. The monoisotopic (exact) mass is 417 g/mol.